The van der Waals surface area contributed by atoms with E-state index in [2.05, 4.69) is 75.7 Å². The van der Waals surface area contributed by atoms with Crippen molar-refractivity contribution in [3.63, 3.8) is 0 Å². The number of amides is 2. The maximum atomic E-state index is 12.7. The highest BCUT2D eigenvalue weighted by molar-refractivity contribution is 5.98. The molecule has 2 aromatic heterocycles. The van der Waals surface area contributed by atoms with Gasteiger partial charge in [-0.25, -0.2) is 19.6 Å². The summed E-state index contributed by atoms with van der Waals surface area (Å²) in [6, 6.07) is 17.8. The average molecular weight is 818 g/mol. The highest BCUT2D eigenvalue weighted by atomic mass is 16.6. The predicted molar refractivity (Wildman–Crippen MR) is 233 cm³/mol. The number of alkyl carbamates (subject to hydrolysis) is 1. The van der Waals surface area contributed by atoms with Crippen LogP contribution in [0.25, 0.3) is 0 Å². The van der Waals surface area contributed by atoms with E-state index >= 15 is 0 Å². The number of aromatic carboxylic acids is 1. The minimum absolute atomic E-state index is 0. The van der Waals surface area contributed by atoms with Gasteiger partial charge in [0.05, 0.1) is 23.3 Å². The van der Waals surface area contributed by atoms with Gasteiger partial charge in [0.25, 0.3) is 5.91 Å². The van der Waals surface area contributed by atoms with E-state index in [4.69, 9.17) is 26.8 Å². The highest BCUT2D eigenvalue weighted by Crippen LogP contribution is 2.20. The molecule has 2 aromatic carbocycles. The summed E-state index contributed by atoms with van der Waals surface area (Å²) < 4.78 is 5.17. The van der Waals surface area contributed by atoms with E-state index in [1.54, 1.807) is 76.2 Å². The number of rotatable bonds is 16. The SMILES string of the molecule is C#CC#CC.CCCNc1nc(Nc2ccc(C#N)cc2)ncc1C(=O)NCCCNC(=O)OC(C)(C)C.CCCNc1nc(Nc2ccc(C#N)cc2)ncc1C(=O)O.[2HH]. The second-order valence-electron chi connectivity index (χ2n) is 13.3. The lowest BCUT2D eigenvalue weighted by Gasteiger charge is -2.19. The predicted octanol–water partition coefficient (Wildman–Crippen LogP) is 7.06. The first-order valence-electron chi connectivity index (χ1n) is 18.9. The summed E-state index contributed by atoms with van der Waals surface area (Å²) in [5, 5.41) is 44.4. The largest absolute Gasteiger partial charge is 0.477 e. The normalized spacial score (nSPS) is 9.72. The third-order valence-corrected chi connectivity index (χ3v) is 7.18. The lowest BCUT2D eigenvalue weighted by molar-refractivity contribution is 0.0526. The van der Waals surface area contributed by atoms with E-state index in [0.29, 0.717) is 66.7 Å². The number of nitriles is 2. The van der Waals surface area contributed by atoms with Crippen molar-refractivity contribution in [3.8, 4) is 36.3 Å². The molecule has 0 spiro atoms. The molecule has 17 nitrogen and oxygen atoms in total. The summed E-state index contributed by atoms with van der Waals surface area (Å²) in [6.45, 7) is 13.1. The highest BCUT2D eigenvalue weighted by Gasteiger charge is 2.17. The molecule has 60 heavy (non-hydrogen) atoms. The first kappa shape index (κ1) is 48.3. The van der Waals surface area contributed by atoms with E-state index in [1.807, 2.05) is 19.9 Å². The minimum Gasteiger partial charge on any atom is -0.477 e. The number of carboxylic acids is 1. The van der Waals surface area contributed by atoms with Crippen LogP contribution in [0.3, 0.4) is 0 Å². The van der Waals surface area contributed by atoms with Crippen molar-refractivity contribution in [2.24, 2.45) is 0 Å². The number of hydrogen-bond acceptors (Lipinski definition) is 14. The van der Waals surface area contributed by atoms with Crippen LogP contribution in [-0.2, 0) is 4.74 Å². The Hall–Kier alpha value is -7.89. The molecule has 4 aromatic rings. The number of aromatic nitrogens is 4. The van der Waals surface area contributed by atoms with E-state index < -0.39 is 17.7 Å². The van der Waals surface area contributed by atoms with E-state index in [1.165, 1.54) is 12.4 Å². The van der Waals surface area contributed by atoms with Crippen LogP contribution in [0.5, 0.6) is 0 Å². The van der Waals surface area contributed by atoms with Crippen molar-refractivity contribution in [2.75, 3.05) is 47.4 Å². The van der Waals surface area contributed by atoms with Gasteiger partial charge in [0, 0.05) is 51.4 Å². The van der Waals surface area contributed by atoms with Gasteiger partial charge in [-0.3, -0.25) is 4.79 Å². The number of benzene rings is 2. The smallest absolute Gasteiger partial charge is 0.407 e. The van der Waals surface area contributed by atoms with Crippen LogP contribution < -0.4 is 31.9 Å². The summed E-state index contributed by atoms with van der Waals surface area (Å²) in [4.78, 5) is 52.3. The monoisotopic (exact) mass is 817 g/mol. The summed E-state index contributed by atoms with van der Waals surface area (Å²) in [7, 11) is 0. The summed E-state index contributed by atoms with van der Waals surface area (Å²) in [5.74, 6) is 7.00. The maximum Gasteiger partial charge on any atom is 0.407 e. The van der Waals surface area contributed by atoms with Gasteiger partial charge in [-0.2, -0.15) is 20.5 Å². The number of anilines is 6. The Morgan fingerprint density at radius 2 is 1.23 bits per heavy atom. The third kappa shape index (κ3) is 18.4. The lowest BCUT2D eigenvalue weighted by Crippen LogP contribution is -2.34. The molecule has 0 bridgehead atoms. The van der Waals surface area contributed by atoms with Crippen LogP contribution in [-0.4, -0.2) is 74.8 Å². The fraction of sp³-hybridized carbons (Fsp3) is 0.326. The van der Waals surface area contributed by atoms with Gasteiger partial charge in [-0.15, -0.1) is 6.42 Å². The van der Waals surface area contributed by atoms with Gasteiger partial charge < -0.3 is 41.7 Å². The molecule has 2 amide bonds. The number of terminal acetylenes is 1. The van der Waals surface area contributed by atoms with Gasteiger partial charge >= 0.3 is 12.1 Å². The zero-order chi connectivity index (χ0) is 44.3. The molecule has 0 unspecified atom stereocenters. The van der Waals surface area contributed by atoms with Crippen molar-refractivity contribution in [2.45, 2.75) is 66.4 Å². The quantitative estimate of drug-likeness (QED) is 0.0441. The second kappa shape index (κ2) is 26.1. The van der Waals surface area contributed by atoms with Crippen LogP contribution in [0.1, 0.15) is 94.1 Å². The molecule has 7 N–H and O–H groups in total. The topological polar surface area (TPSA) is 252 Å². The van der Waals surface area contributed by atoms with Crippen LogP contribution >= 0.6 is 0 Å². The fourth-order valence-electron chi connectivity index (χ4n) is 4.44. The molecule has 2 heterocycles. The van der Waals surface area contributed by atoms with Crippen molar-refractivity contribution in [1.82, 2.24) is 30.6 Å². The van der Waals surface area contributed by atoms with Crippen LogP contribution in [0, 0.1) is 46.8 Å². The lowest BCUT2D eigenvalue weighted by atomic mass is 10.2. The molecule has 0 saturated heterocycles. The Kier molecular flexibility index (Phi) is 21.0. The van der Waals surface area contributed by atoms with Gasteiger partial charge in [-0.1, -0.05) is 19.8 Å². The Labute approximate surface area is 352 Å². The van der Waals surface area contributed by atoms with Gasteiger partial charge in [0.2, 0.25) is 11.9 Å². The third-order valence-electron chi connectivity index (χ3n) is 7.18. The molecule has 17 heteroatoms. The Morgan fingerprint density at radius 3 is 1.63 bits per heavy atom. The number of carbonyl (C=O) groups is 3. The van der Waals surface area contributed by atoms with Crippen LogP contribution in [0.4, 0.5) is 39.7 Å². The molecule has 0 atom stereocenters. The number of nitrogens with zero attached hydrogens (tertiary/aromatic N) is 6. The van der Waals surface area contributed by atoms with Gasteiger partial charge in [-0.05, 0) is 107 Å². The van der Waals surface area contributed by atoms with E-state index in [-0.39, 0.29) is 24.7 Å². The number of nitrogens with one attached hydrogen (secondary N) is 6. The molecule has 0 aliphatic carbocycles. The Bertz CT molecular complexity index is 2220. The Balaban J connectivity index is 0.000000572. The first-order chi connectivity index (χ1) is 28.8. The summed E-state index contributed by atoms with van der Waals surface area (Å²) in [6.07, 6.45) is 9.21. The molecule has 0 radical (unpaired) electrons. The van der Waals surface area contributed by atoms with Gasteiger partial charge in [0.1, 0.15) is 28.4 Å². The number of hydrogen-bond donors (Lipinski definition) is 7. The molecule has 314 valence electrons. The number of ether oxygens (including phenoxy) is 1. The molecule has 0 aliphatic rings. The molecule has 0 fully saturated rings. The zero-order valence-electron chi connectivity index (χ0n) is 34.6. The summed E-state index contributed by atoms with van der Waals surface area (Å²) in [5.41, 5.74) is 2.35. The molecular weight excluding hydrogens is 765 g/mol. The molecular formula is C43H52N12O5. The van der Waals surface area contributed by atoms with Gasteiger partial charge in [0.15, 0.2) is 0 Å². The fourth-order valence-corrected chi connectivity index (χ4v) is 4.44. The average Bonchev–Trinajstić information content (AvgIpc) is 3.22. The van der Waals surface area contributed by atoms with Crippen molar-refractivity contribution >= 4 is 52.9 Å². The minimum atomic E-state index is -1.08. The maximum absolute atomic E-state index is 12.7. The Morgan fingerprint density at radius 1 is 0.767 bits per heavy atom. The zero-order valence-corrected chi connectivity index (χ0v) is 34.6. The standard InChI is InChI=1S/C23H31N7O3.C15H15N5O2.C5H4.H2/c1-5-11-25-19-18(20(31)26-12-6-13-27-22(32)33-23(2,3)4)15-28-21(30-19)29-17-9-7-16(14-24)8-10-17;1-2-7-17-13-12(14(21)22)9-18-15(20-13)19-11-5-3-10(8-16)4-6-11;1-3-5-4-2;/h7-10,15H,5-6,11-13H2,1-4H3,(H,26,31)(H,27,32)(H2,25,28,29,30);3-6,9H,2,7H2,1H3,(H,21,22)(H2,17,18,19,20);1H,2H3;1H/i;;;1+1. The molecule has 0 saturated carbocycles. The van der Waals surface area contributed by atoms with E-state index in [9.17, 15) is 14.4 Å². The van der Waals surface area contributed by atoms with Crippen LogP contribution in [0.2, 0.25) is 0 Å². The molecule has 0 aliphatic heterocycles. The number of carbonyl (C=O) groups excluding carboxylic acids is 2. The number of carboxylic acid groups (broad SMARTS) is 1. The van der Waals surface area contributed by atoms with Crippen molar-refractivity contribution < 1.29 is 25.7 Å². The second-order valence-corrected chi connectivity index (χ2v) is 13.3. The van der Waals surface area contributed by atoms with Crippen molar-refractivity contribution in [3.05, 3.63) is 83.2 Å². The summed E-state index contributed by atoms with van der Waals surface area (Å²) >= 11 is 0. The molecule has 4 rings (SSSR count). The first-order valence-corrected chi connectivity index (χ1v) is 18.9. The van der Waals surface area contributed by atoms with E-state index in [0.717, 1.165) is 18.5 Å². The van der Waals surface area contributed by atoms with Crippen molar-refractivity contribution in [1.29, 1.82) is 10.5 Å². The van der Waals surface area contributed by atoms with Crippen LogP contribution in [0.15, 0.2) is 60.9 Å².